The quantitative estimate of drug-likeness (QED) is 0.697. The van der Waals surface area contributed by atoms with Crippen molar-refractivity contribution in [3.8, 4) is 5.75 Å². The van der Waals surface area contributed by atoms with E-state index in [1.54, 1.807) is 0 Å². The molecule has 0 bridgehead atoms. The molecule has 2 saturated carbocycles. The molecule has 2 unspecified atom stereocenters. The van der Waals surface area contributed by atoms with Gasteiger partial charge in [-0.1, -0.05) is 30.5 Å². The third-order valence-corrected chi connectivity index (χ3v) is 5.50. The van der Waals surface area contributed by atoms with Crippen LogP contribution in [0, 0.1) is 12.3 Å². The summed E-state index contributed by atoms with van der Waals surface area (Å²) < 4.78 is 6.15. The molecule has 3 heteroatoms. The van der Waals surface area contributed by atoms with Gasteiger partial charge in [0.15, 0.2) is 0 Å². The van der Waals surface area contributed by atoms with Crippen molar-refractivity contribution in [1.29, 1.82) is 0 Å². The van der Waals surface area contributed by atoms with Gasteiger partial charge in [-0.25, -0.2) is 0 Å². The number of benzene rings is 1. The second-order valence-electron chi connectivity index (χ2n) is 5.68. The van der Waals surface area contributed by atoms with Crippen LogP contribution in [-0.2, 0) is 0 Å². The van der Waals surface area contributed by atoms with Gasteiger partial charge >= 0.3 is 0 Å². The number of hydrogen-bond acceptors (Lipinski definition) is 1. The van der Waals surface area contributed by atoms with Crippen LogP contribution in [0.25, 0.3) is 0 Å². The summed E-state index contributed by atoms with van der Waals surface area (Å²) in [5.41, 5.74) is 1.39. The van der Waals surface area contributed by atoms with Crippen molar-refractivity contribution in [1.82, 2.24) is 0 Å². The van der Waals surface area contributed by atoms with Gasteiger partial charge in [0.05, 0.1) is 5.02 Å². The molecule has 1 spiro atoms. The number of alkyl halides is 1. The third kappa shape index (κ3) is 1.92. The molecule has 3 rings (SSSR count). The predicted octanol–water partition coefficient (Wildman–Crippen LogP) is 4.97. The SMILES string of the molecule is Cc1ccc(Cl)c(OC2CC(Cl)C23CCCC3)c1. The van der Waals surface area contributed by atoms with Crippen molar-refractivity contribution < 1.29 is 4.74 Å². The van der Waals surface area contributed by atoms with E-state index in [9.17, 15) is 0 Å². The van der Waals surface area contributed by atoms with Crippen molar-refractivity contribution in [2.75, 3.05) is 0 Å². The van der Waals surface area contributed by atoms with Crippen LogP contribution in [-0.4, -0.2) is 11.5 Å². The summed E-state index contributed by atoms with van der Waals surface area (Å²) in [6.45, 7) is 2.06. The van der Waals surface area contributed by atoms with Gasteiger partial charge in [-0.3, -0.25) is 0 Å². The lowest BCUT2D eigenvalue weighted by Crippen LogP contribution is -2.55. The normalized spacial score (nSPS) is 29.3. The lowest BCUT2D eigenvalue weighted by Gasteiger charge is -2.51. The molecule has 1 aromatic rings. The Bertz CT molecular complexity index is 452. The van der Waals surface area contributed by atoms with Crippen LogP contribution in [0.4, 0.5) is 0 Å². The number of halogens is 2. The Morgan fingerprint density at radius 2 is 2.00 bits per heavy atom. The fourth-order valence-electron chi connectivity index (χ4n) is 3.39. The molecule has 2 aliphatic carbocycles. The summed E-state index contributed by atoms with van der Waals surface area (Å²) in [4.78, 5) is 0. The molecule has 0 amide bonds. The molecule has 0 radical (unpaired) electrons. The summed E-state index contributed by atoms with van der Waals surface area (Å²) in [7, 11) is 0. The fourth-order valence-corrected chi connectivity index (χ4v) is 4.07. The zero-order valence-corrected chi connectivity index (χ0v) is 12.1. The number of rotatable bonds is 2. The van der Waals surface area contributed by atoms with Gasteiger partial charge in [0.2, 0.25) is 0 Å². The smallest absolute Gasteiger partial charge is 0.138 e. The Morgan fingerprint density at radius 1 is 1.28 bits per heavy atom. The maximum Gasteiger partial charge on any atom is 0.138 e. The van der Waals surface area contributed by atoms with E-state index in [1.165, 1.54) is 31.2 Å². The van der Waals surface area contributed by atoms with Gasteiger partial charge < -0.3 is 4.74 Å². The molecule has 1 nitrogen and oxygen atoms in total. The van der Waals surface area contributed by atoms with Gasteiger partial charge in [-0.05, 0) is 37.5 Å². The highest BCUT2D eigenvalue weighted by Crippen LogP contribution is 2.57. The maximum absolute atomic E-state index is 6.43. The maximum atomic E-state index is 6.43. The summed E-state index contributed by atoms with van der Waals surface area (Å²) in [6.07, 6.45) is 6.17. The molecular weight excluding hydrogens is 267 g/mol. The highest BCUT2D eigenvalue weighted by atomic mass is 35.5. The molecule has 2 fully saturated rings. The zero-order chi connectivity index (χ0) is 12.8. The number of hydrogen-bond donors (Lipinski definition) is 0. The molecule has 0 N–H and O–H groups in total. The van der Waals surface area contributed by atoms with Gasteiger partial charge in [-0.15, -0.1) is 11.6 Å². The first-order valence-electron chi connectivity index (χ1n) is 6.69. The van der Waals surface area contributed by atoms with Gasteiger partial charge in [0, 0.05) is 17.2 Å². The van der Waals surface area contributed by atoms with Gasteiger partial charge in [0.1, 0.15) is 11.9 Å². The highest BCUT2D eigenvalue weighted by molar-refractivity contribution is 6.32. The van der Waals surface area contributed by atoms with Crippen LogP contribution < -0.4 is 4.74 Å². The van der Waals surface area contributed by atoms with E-state index in [-0.39, 0.29) is 16.9 Å². The van der Waals surface area contributed by atoms with Crippen molar-refractivity contribution in [2.45, 2.75) is 50.5 Å². The van der Waals surface area contributed by atoms with Crippen LogP contribution in [0.15, 0.2) is 18.2 Å². The highest BCUT2D eigenvalue weighted by Gasteiger charge is 2.57. The predicted molar refractivity (Wildman–Crippen MR) is 75.8 cm³/mol. The first-order valence-corrected chi connectivity index (χ1v) is 7.50. The molecule has 0 saturated heterocycles. The molecule has 18 heavy (non-hydrogen) atoms. The molecule has 2 aliphatic rings. The van der Waals surface area contributed by atoms with Crippen LogP contribution in [0.3, 0.4) is 0 Å². The minimum absolute atomic E-state index is 0.217. The van der Waals surface area contributed by atoms with E-state index >= 15 is 0 Å². The number of ether oxygens (including phenoxy) is 1. The van der Waals surface area contributed by atoms with Crippen LogP contribution in [0.5, 0.6) is 5.75 Å². The van der Waals surface area contributed by atoms with E-state index < -0.39 is 0 Å². The fraction of sp³-hybridized carbons (Fsp3) is 0.600. The largest absolute Gasteiger partial charge is 0.488 e. The first kappa shape index (κ1) is 12.6. The lowest BCUT2D eigenvalue weighted by molar-refractivity contribution is -0.0355. The van der Waals surface area contributed by atoms with Crippen LogP contribution in [0.2, 0.25) is 5.02 Å². The van der Waals surface area contributed by atoms with E-state index in [0.717, 1.165) is 12.2 Å². The Balaban J connectivity index is 1.79. The summed E-state index contributed by atoms with van der Waals surface area (Å²) in [5.74, 6) is 0.816. The third-order valence-electron chi connectivity index (χ3n) is 4.58. The Morgan fingerprint density at radius 3 is 2.67 bits per heavy atom. The monoisotopic (exact) mass is 284 g/mol. The Labute approximate surface area is 118 Å². The molecular formula is C15H18Cl2O. The topological polar surface area (TPSA) is 9.23 Å². The van der Waals surface area contributed by atoms with Gasteiger partial charge in [-0.2, -0.15) is 0 Å². The minimum Gasteiger partial charge on any atom is -0.488 e. The molecule has 98 valence electrons. The molecule has 0 aliphatic heterocycles. The van der Waals surface area contributed by atoms with E-state index in [2.05, 4.69) is 6.92 Å². The second-order valence-corrected chi connectivity index (χ2v) is 6.62. The van der Waals surface area contributed by atoms with Crippen molar-refractivity contribution in [3.63, 3.8) is 0 Å². The molecule has 0 aromatic heterocycles. The summed E-state index contributed by atoms with van der Waals surface area (Å²) in [5, 5.41) is 0.986. The van der Waals surface area contributed by atoms with E-state index in [4.69, 9.17) is 27.9 Å². The lowest BCUT2D eigenvalue weighted by atomic mass is 9.64. The van der Waals surface area contributed by atoms with E-state index in [1.807, 2.05) is 18.2 Å². The average molecular weight is 285 g/mol. The summed E-state index contributed by atoms with van der Waals surface area (Å²) >= 11 is 12.6. The zero-order valence-electron chi connectivity index (χ0n) is 10.6. The molecule has 2 atom stereocenters. The summed E-state index contributed by atoms with van der Waals surface area (Å²) in [6, 6.07) is 5.93. The first-order chi connectivity index (χ1) is 8.62. The number of aryl methyl sites for hydroxylation is 1. The second kappa shape index (κ2) is 4.61. The molecule has 1 aromatic carbocycles. The average Bonchev–Trinajstić information content (AvgIpc) is 2.85. The van der Waals surface area contributed by atoms with Crippen molar-refractivity contribution >= 4 is 23.2 Å². The minimum atomic E-state index is 0.217. The van der Waals surface area contributed by atoms with Gasteiger partial charge in [0.25, 0.3) is 0 Å². The van der Waals surface area contributed by atoms with Crippen molar-refractivity contribution in [2.24, 2.45) is 5.41 Å². The Kier molecular flexibility index (Phi) is 3.23. The van der Waals surface area contributed by atoms with Crippen LogP contribution in [0.1, 0.15) is 37.7 Å². The van der Waals surface area contributed by atoms with Crippen molar-refractivity contribution in [3.05, 3.63) is 28.8 Å². The molecule has 0 heterocycles. The van der Waals surface area contributed by atoms with Crippen LogP contribution >= 0.6 is 23.2 Å². The van der Waals surface area contributed by atoms with E-state index in [0.29, 0.717) is 5.02 Å². The Hall–Kier alpha value is -0.400. The standard InChI is InChI=1S/C15H18Cl2O/c1-10-4-5-11(16)12(8-10)18-14-9-13(17)15(14)6-2-3-7-15/h4-5,8,13-14H,2-3,6-7,9H2,1H3.